The van der Waals surface area contributed by atoms with E-state index < -0.39 is 12.5 Å². The van der Waals surface area contributed by atoms with E-state index >= 15 is 0 Å². The van der Waals surface area contributed by atoms with Crippen molar-refractivity contribution in [2.45, 2.75) is 20.5 Å². The zero-order valence-corrected chi connectivity index (χ0v) is 17.2. The van der Waals surface area contributed by atoms with E-state index in [0.29, 0.717) is 5.56 Å². The predicted molar refractivity (Wildman–Crippen MR) is 111 cm³/mol. The molecule has 160 valence electrons. The number of halogens is 2. The van der Waals surface area contributed by atoms with Gasteiger partial charge in [0.1, 0.15) is 0 Å². The Hall–Kier alpha value is -3.42. The summed E-state index contributed by atoms with van der Waals surface area (Å²) in [7, 11) is 2.84. The molecule has 0 aliphatic rings. The van der Waals surface area contributed by atoms with E-state index in [1.807, 2.05) is 32.0 Å². The Morgan fingerprint density at radius 1 is 1.13 bits per heavy atom. The maximum atomic E-state index is 12.4. The minimum Gasteiger partial charge on any atom is -0.493 e. The number of para-hydroxylation sites is 1. The quantitative estimate of drug-likeness (QED) is 0.658. The number of alkyl halides is 2. The van der Waals surface area contributed by atoms with Gasteiger partial charge >= 0.3 is 6.61 Å². The van der Waals surface area contributed by atoms with Gasteiger partial charge in [0, 0.05) is 18.8 Å². The molecular weight excluding hydrogens is 394 g/mol. The minimum atomic E-state index is -2.97. The number of carbonyl (C=O) groups excluding carboxylic acids is 2. The average molecular weight is 418 g/mol. The summed E-state index contributed by atoms with van der Waals surface area (Å²) in [5.41, 5.74) is 3.16. The van der Waals surface area contributed by atoms with E-state index in [0.717, 1.165) is 16.8 Å². The number of amides is 2. The number of hydrogen-bond acceptors (Lipinski definition) is 4. The highest BCUT2D eigenvalue weighted by Crippen LogP contribution is 2.29. The number of hydrogen-bond donors (Lipinski definition) is 1. The largest absolute Gasteiger partial charge is 0.493 e. The Bertz CT molecular complexity index is 924. The average Bonchev–Trinajstić information content (AvgIpc) is 2.69. The van der Waals surface area contributed by atoms with Gasteiger partial charge in [0.25, 0.3) is 0 Å². The summed E-state index contributed by atoms with van der Waals surface area (Å²) >= 11 is 0. The van der Waals surface area contributed by atoms with E-state index in [-0.39, 0.29) is 24.0 Å². The van der Waals surface area contributed by atoms with Gasteiger partial charge in [-0.05, 0) is 48.7 Å². The second kappa shape index (κ2) is 10.4. The lowest BCUT2D eigenvalue weighted by Crippen LogP contribution is -2.34. The van der Waals surface area contributed by atoms with Gasteiger partial charge in [-0.1, -0.05) is 24.3 Å². The Balaban J connectivity index is 1.99. The third kappa shape index (κ3) is 6.30. The zero-order chi connectivity index (χ0) is 22.3. The fraction of sp³-hybridized carbons (Fsp3) is 0.273. The van der Waals surface area contributed by atoms with E-state index in [2.05, 4.69) is 10.1 Å². The van der Waals surface area contributed by atoms with Crippen LogP contribution in [0.1, 0.15) is 16.7 Å². The summed E-state index contributed by atoms with van der Waals surface area (Å²) in [6.07, 6.45) is 2.78. The van der Waals surface area contributed by atoms with Crippen molar-refractivity contribution in [3.8, 4) is 11.5 Å². The van der Waals surface area contributed by atoms with Crippen LogP contribution in [0.15, 0.2) is 42.5 Å². The van der Waals surface area contributed by atoms with Crippen molar-refractivity contribution < 1.29 is 27.8 Å². The Labute approximate surface area is 174 Å². The molecule has 0 fully saturated rings. The molecule has 1 N–H and O–H groups in total. The van der Waals surface area contributed by atoms with Gasteiger partial charge in [-0.2, -0.15) is 8.78 Å². The predicted octanol–water partition coefficient (Wildman–Crippen LogP) is 4.02. The molecule has 0 bridgehead atoms. The summed E-state index contributed by atoms with van der Waals surface area (Å²) < 4.78 is 34.2. The molecule has 0 aliphatic heterocycles. The Morgan fingerprint density at radius 2 is 1.80 bits per heavy atom. The van der Waals surface area contributed by atoms with Crippen LogP contribution < -0.4 is 14.8 Å². The van der Waals surface area contributed by atoms with Crippen LogP contribution in [0, 0.1) is 13.8 Å². The molecular formula is C22H24F2N2O4. The van der Waals surface area contributed by atoms with Crippen LogP contribution in [0.3, 0.4) is 0 Å². The second-order valence-corrected chi connectivity index (χ2v) is 6.63. The number of nitrogens with one attached hydrogen (secondary N) is 1. The number of methoxy groups -OCH3 is 1. The summed E-state index contributed by atoms with van der Waals surface area (Å²) in [4.78, 5) is 25.9. The number of nitrogens with zero attached hydrogens (tertiary/aromatic N) is 1. The highest BCUT2D eigenvalue weighted by molar-refractivity contribution is 5.98. The fourth-order valence-corrected chi connectivity index (χ4v) is 2.76. The topological polar surface area (TPSA) is 67.9 Å². The van der Waals surface area contributed by atoms with Crippen LogP contribution in [-0.2, 0) is 9.59 Å². The lowest BCUT2D eigenvalue weighted by atomic mass is 10.1. The Kier molecular flexibility index (Phi) is 7.91. The van der Waals surface area contributed by atoms with E-state index in [1.54, 1.807) is 0 Å². The number of aryl methyl sites for hydroxylation is 2. The molecule has 0 aliphatic carbocycles. The summed E-state index contributed by atoms with van der Waals surface area (Å²) in [6, 6.07) is 10.0. The molecule has 0 radical (unpaired) electrons. The molecule has 0 aromatic heterocycles. The van der Waals surface area contributed by atoms with Crippen molar-refractivity contribution in [2.75, 3.05) is 26.0 Å². The van der Waals surface area contributed by atoms with E-state index in [1.165, 1.54) is 49.4 Å². The molecule has 2 rings (SSSR count). The lowest BCUT2D eigenvalue weighted by Gasteiger charge is -2.16. The van der Waals surface area contributed by atoms with Crippen LogP contribution in [-0.4, -0.2) is 44.0 Å². The normalized spacial score (nSPS) is 10.9. The van der Waals surface area contributed by atoms with Crippen molar-refractivity contribution in [3.05, 3.63) is 59.2 Å². The molecule has 6 nitrogen and oxygen atoms in total. The number of likely N-dealkylation sites (N-methyl/N-ethyl adjacent to an activating group) is 1. The smallest absolute Gasteiger partial charge is 0.387 e. The molecule has 0 saturated carbocycles. The van der Waals surface area contributed by atoms with Gasteiger partial charge in [0.05, 0.1) is 13.7 Å². The van der Waals surface area contributed by atoms with Gasteiger partial charge in [-0.25, -0.2) is 0 Å². The lowest BCUT2D eigenvalue weighted by molar-refractivity contribution is -0.129. The minimum absolute atomic E-state index is 0.101. The van der Waals surface area contributed by atoms with Crippen molar-refractivity contribution >= 4 is 23.6 Å². The van der Waals surface area contributed by atoms with Crippen LogP contribution in [0.4, 0.5) is 14.5 Å². The molecule has 2 aromatic carbocycles. The molecule has 0 heterocycles. The molecule has 30 heavy (non-hydrogen) atoms. The summed E-state index contributed by atoms with van der Waals surface area (Å²) in [5, 5.41) is 2.83. The first-order valence-corrected chi connectivity index (χ1v) is 9.13. The number of anilines is 1. The first-order valence-electron chi connectivity index (χ1n) is 9.13. The fourth-order valence-electron chi connectivity index (χ4n) is 2.76. The maximum Gasteiger partial charge on any atom is 0.387 e. The van der Waals surface area contributed by atoms with Crippen LogP contribution >= 0.6 is 0 Å². The van der Waals surface area contributed by atoms with E-state index in [9.17, 15) is 18.4 Å². The Morgan fingerprint density at radius 3 is 2.40 bits per heavy atom. The van der Waals surface area contributed by atoms with Crippen LogP contribution in [0.2, 0.25) is 0 Å². The number of rotatable bonds is 8. The van der Waals surface area contributed by atoms with Crippen molar-refractivity contribution in [1.29, 1.82) is 0 Å². The third-order valence-electron chi connectivity index (χ3n) is 4.32. The monoisotopic (exact) mass is 418 g/mol. The molecule has 2 aromatic rings. The maximum absolute atomic E-state index is 12.4. The van der Waals surface area contributed by atoms with Gasteiger partial charge in [0.2, 0.25) is 11.8 Å². The highest BCUT2D eigenvalue weighted by atomic mass is 19.3. The molecule has 0 saturated heterocycles. The molecule has 0 spiro atoms. The van der Waals surface area contributed by atoms with Crippen molar-refractivity contribution in [2.24, 2.45) is 0 Å². The first kappa shape index (κ1) is 22.9. The zero-order valence-electron chi connectivity index (χ0n) is 17.2. The van der Waals surface area contributed by atoms with Gasteiger partial charge in [0.15, 0.2) is 11.5 Å². The summed E-state index contributed by atoms with van der Waals surface area (Å²) in [6.45, 7) is 0.699. The number of benzene rings is 2. The SMILES string of the molecule is COc1cc(/C=C/C(=O)N(C)CC(=O)Nc2c(C)cccc2C)ccc1OC(F)F. The van der Waals surface area contributed by atoms with Crippen molar-refractivity contribution in [1.82, 2.24) is 4.90 Å². The highest BCUT2D eigenvalue weighted by Gasteiger charge is 2.13. The van der Waals surface area contributed by atoms with E-state index in [4.69, 9.17) is 4.74 Å². The standard InChI is InChI=1S/C22H24F2N2O4/c1-14-6-5-7-15(2)21(14)25-19(27)13-26(3)20(28)11-9-16-8-10-17(30-22(23)24)18(12-16)29-4/h5-12,22H,13H2,1-4H3,(H,25,27)/b11-9+. The molecule has 0 atom stereocenters. The molecule has 8 heteroatoms. The third-order valence-corrected chi connectivity index (χ3v) is 4.32. The number of ether oxygens (including phenoxy) is 2. The first-order chi connectivity index (χ1) is 14.2. The number of carbonyl (C=O) groups is 2. The van der Waals surface area contributed by atoms with Crippen LogP contribution in [0.5, 0.6) is 11.5 Å². The molecule has 0 unspecified atom stereocenters. The van der Waals surface area contributed by atoms with Gasteiger partial charge < -0.3 is 19.7 Å². The van der Waals surface area contributed by atoms with Gasteiger partial charge in [-0.3, -0.25) is 9.59 Å². The van der Waals surface area contributed by atoms with Gasteiger partial charge in [-0.15, -0.1) is 0 Å². The molecule has 2 amide bonds. The van der Waals surface area contributed by atoms with Crippen LogP contribution in [0.25, 0.3) is 6.08 Å². The van der Waals surface area contributed by atoms with Crippen molar-refractivity contribution in [3.63, 3.8) is 0 Å². The second-order valence-electron chi connectivity index (χ2n) is 6.63. The summed E-state index contributed by atoms with van der Waals surface area (Å²) in [5.74, 6) is -0.687.